The Labute approximate surface area is 162 Å². The number of nitrogens with one attached hydrogen (secondary N) is 1. The molecular weight excluding hydrogens is 364 g/mol. The second kappa shape index (κ2) is 8.47. The van der Waals surface area contributed by atoms with Crippen molar-refractivity contribution in [3.63, 3.8) is 0 Å². The fourth-order valence-electron chi connectivity index (χ4n) is 3.02. The van der Waals surface area contributed by atoms with Gasteiger partial charge in [0.15, 0.2) is 0 Å². The number of hydrogen-bond acceptors (Lipinski definition) is 6. The molecule has 1 fully saturated rings. The highest BCUT2D eigenvalue weighted by atomic mass is 32.1. The molecule has 1 aliphatic rings. The summed E-state index contributed by atoms with van der Waals surface area (Å²) in [6.07, 6.45) is 1.00. The number of anilines is 2. The predicted molar refractivity (Wildman–Crippen MR) is 105 cm³/mol. The van der Waals surface area contributed by atoms with Gasteiger partial charge in [0, 0.05) is 19.4 Å². The SMILES string of the molecule is CCOc1ccccc1N1CC(C(=O)Nc2nnc(CC(C)C)s2)CC1=O. The molecule has 1 saturated heterocycles. The Hall–Kier alpha value is -2.48. The molecule has 1 aromatic heterocycles. The quantitative estimate of drug-likeness (QED) is 0.788. The molecule has 1 atom stereocenters. The van der Waals surface area contributed by atoms with Crippen molar-refractivity contribution in [2.75, 3.05) is 23.4 Å². The summed E-state index contributed by atoms with van der Waals surface area (Å²) in [5.41, 5.74) is 0.704. The van der Waals surface area contributed by atoms with Crippen LogP contribution in [0.1, 0.15) is 32.2 Å². The largest absolute Gasteiger partial charge is 0.492 e. The topological polar surface area (TPSA) is 84.4 Å². The van der Waals surface area contributed by atoms with Gasteiger partial charge < -0.3 is 15.0 Å². The number of ether oxygens (including phenoxy) is 1. The van der Waals surface area contributed by atoms with Crippen LogP contribution in [0.15, 0.2) is 24.3 Å². The van der Waals surface area contributed by atoms with Gasteiger partial charge in [-0.3, -0.25) is 9.59 Å². The Kier molecular flexibility index (Phi) is 6.05. The van der Waals surface area contributed by atoms with Gasteiger partial charge in [-0.25, -0.2) is 0 Å². The maximum atomic E-state index is 12.6. The van der Waals surface area contributed by atoms with Crippen molar-refractivity contribution >= 4 is 34.0 Å². The van der Waals surface area contributed by atoms with Crippen LogP contribution in [0.4, 0.5) is 10.8 Å². The number of rotatable bonds is 7. The number of carbonyl (C=O) groups excluding carboxylic acids is 2. The lowest BCUT2D eigenvalue weighted by molar-refractivity contribution is -0.122. The van der Waals surface area contributed by atoms with Gasteiger partial charge in [-0.1, -0.05) is 37.3 Å². The van der Waals surface area contributed by atoms with Crippen LogP contribution in [-0.2, 0) is 16.0 Å². The van der Waals surface area contributed by atoms with E-state index in [4.69, 9.17) is 4.74 Å². The zero-order valence-electron chi connectivity index (χ0n) is 15.8. The van der Waals surface area contributed by atoms with Crippen LogP contribution < -0.4 is 15.0 Å². The van der Waals surface area contributed by atoms with Crippen LogP contribution in [0.5, 0.6) is 5.75 Å². The van der Waals surface area contributed by atoms with Crippen LogP contribution in [0.25, 0.3) is 0 Å². The molecule has 0 saturated carbocycles. The molecule has 8 heteroatoms. The Morgan fingerprint density at radius 2 is 2.15 bits per heavy atom. The molecule has 1 N–H and O–H groups in total. The summed E-state index contributed by atoms with van der Waals surface area (Å²) in [5.74, 6) is 0.418. The normalized spacial score (nSPS) is 16.8. The van der Waals surface area contributed by atoms with E-state index in [0.29, 0.717) is 35.6 Å². The monoisotopic (exact) mass is 388 g/mol. The first-order valence-electron chi connectivity index (χ1n) is 9.13. The van der Waals surface area contributed by atoms with Crippen molar-refractivity contribution in [1.29, 1.82) is 0 Å². The molecule has 144 valence electrons. The lowest BCUT2D eigenvalue weighted by Crippen LogP contribution is -2.28. The van der Waals surface area contributed by atoms with Gasteiger partial charge in [0.2, 0.25) is 16.9 Å². The second-order valence-electron chi connectivity index (χ2n) is 6.89. The lowest BCUT2D eigenvalue weighted by Gasteiger charge is -2.20. The molecule has 27 heavy (non-hydrogen) atoms. The fourth-order valence-corrected chi connectivity index (χ4v) is 3.97. The summed E-state index contributed by atoms with van der Waals surface area (Å²) in [7, 11) is 0. The summed E-state index contributed by atoms with van der Waals surface area (Å²) in [4.78, 5) is 26.7. The average molecular weight is 388 g/mol. The number of aromatic nitrogens is 2. The summed E-state index contributed by atoms with van der Waals surface area (Å²) in [6, 6.07) is 7.39. The molecule has 1 aliphatic heterocycles. The third-order valence-corrected chi connectivity index (χ3v) is 5.09. The maximum absolute atomic E-state index is 12.6. The summed E-state index contributed by atoms with van der Waals surface area (Å²) >= 11 is 1.38. The van der Waals surface area contributed by atoms with E-state index in [9.17, 15) is 9.59 Å². The van der Waals surface area contributed by atoms with E-state index in [1.807, 2.05) is 31.2 Å². The Morgan fingerprint density at radius 1 is 1.37 bits per heavy atom. The van der Waals surface area contributed by atoms with Gasteiger partial charge in [0.1, 0.15) is 10.8 Å². The molecule has 2 heterocycles. The van der Waals surface area contributed by atoms with E-state index < -0.39 is 5.92 Å². The van der Waals surface area contributed by atoms with Crippen LogP contribution in [-0.4, -0.2) is 35.2 Å². The van der Waals surface area contributed by atoms with Gasteiger partial charge >= 0.3 is 0 Å². The first kappa shape index (κ1) is 19.3. The Morgan fingerprint density at radius 3 is 2.89 bits per heavy atom. The standard InChI is InChI=1S/C19H24N4O3S/c1-4-26-15-8-6-5-7-14(15)23-11-13(10-17(23)24)18(25)20-19-22-21-16(27-19)9-12(2)3/h5-8,12-13H,4,9-11H2,1-3H3,(H,20,22,25). The molecule has 2 aromatic rings. The van der Waals surface area contributed by atoms with Crippen molar-refractivity contribution < 1.29 is 14.3 Å². The molecule has 1 unspecified atom stereocenters. The van der Waals surface area contributed by atoms with E-state index in [2.05, 4.69) is 29.4 Å². The summed E-state index contributed by atoms with van der Waals surface area (Å²) in [6.45, 7) is 6.95. The zero-order chi connectivity index (χ0) is 19.4. The molecule has 7 nitrogen and oxygen atoms in total. The minimum Gasteiger partial charge on any atom is -0.492 e. The van der Waals surface area contributed by atoms with Crippen molar-refractivity contribution in [1.82, 2.24) is 10.2 Å². The lowest BCUT2D eigenvalue weighted by atomic mass is 10.1. The minimum absolute atomic E-state index is 0.0833. The van der Waals surface area contributed by atoms with Gasteiger partial charge in [-0.2, -0.15) is 0 Å². The minimum atomic E-state index is -0.426. The van der Waals surface area contributed by atoms with E-state index in [-0.39, 0.29) is 18.2 Å². The number of carbonyl (C=O) groups is 2. The first-order valence-corrected chi connectivity index (χ1v) is 9.95. The highest BCUT2D eigenvalue weighted by Crippen LogP contribution is 2.33. The average Bonchev–Trinajstić information content (AvgIpc) is 3.21. The highest BCUT2D eigenvalue weighted by Gasteiger charge is 2.36. The molecular formula is C19H24N4O3S. The molecule has 2 amide bonds. The van der Waals surface area contributed by atoms with Gasteiger partial charge in [-0.05, 0) is 25.0 Å². The summed E-state index contributed by atoms with van der Waals surface area (Å²) < 4.78 is 5.61. The van der Waals surface area contributed by atoms with Gasteiger partial charge in [0.25, 0.3) is 0 Å². The Bertz CT molecular complexity index is 821. The number of benzene rings is 1. The Balaban J connectivity index is 1.66. The van der Waals surface area contributed by atoms with Crippen molar-refractivity contribution in [2.24, 2.45) is 11.8 Å². The third kappa shape index (κ3) is 4.63. The molecule has 1 aromatic carbocycles. The van der Waals surface area contributed by atoms with E-state index in [0.717, 1.165) is 11.4 Å². The summed E-state index contributed by atoms with van der Waals surface area (Å²) in [5, 5.41) is 12.3. The molecule has 0 radical (unpaired) electrons. The maximum Gasteiger partial charge on any atom is 0.231 e. The molecule has 0 spiro atoms. The number of hydrogen-bond donors (Lipinski definition) is 1. The first-order chi connectivity index (χ1) is 13.0. The number of para-hydroxylation sites is 2. The second-order valence-corrected chi connectivity index (χ2v) is 7.96. The van der Waals surface area contributed by atoms with Gasteiger partial charge in [-0.15, -0.1) is 10.2 Å². The predicted octanol–water partition coefficient (Wildman–Crippen LogP) is 3.13. The number of amides is 2. The van der Waals surface area contributed by atoms with Crippen LogP contribution in [0, 0.1) is 11.8 Å². The zero-order valence-corrected chi connectivity index (χ0v) is 16.6. The number of nitrogens with zero attached hydrogens (tertiary/aromatic N) is 3. The van der Waals surface area contributed by atoms with E-state index in [1.54, 1.807) is 4.90 Å². The molecule has 0 aliphatic carbocycles. The van der Waals surface area contributed by atoms with Crippen LogP contribution in [0.3, 0.4) is 0 Å². The molecule has 3 rings (SSSR count). The fraction of sp³-hybridized carbons (Fsp3) is 0.474. The van der Waals surface area contributed by atoms with E-state index in [1.165, 1.54) is 11.3 Å². The van der Waals surface area contributed by atoms with Crippen LogP contribution >= 0.6 is 11.3 Å². The smallest absolute Gasteiger partial charge is 0.231 e. The van der Waals surface area contributed by atoms with Crippen LogP contribution in [0.2, 0.25) is 0 Å². The third-order valence-electron chi connectivity index (χ3n) is 4.23. The van der Waals surface area contributed by atoms with Gasteiger partial charge in [0.05, 0.1) is 18.2 Å². The van der Waals surface area contributed by atoms with Crippen molar-refractivity contribution in [3.05, 3.63) is 29.3 Å². The van der Waals surface area contributed by atoms with Crippen molar-refractivity contribution in [3.8, 4) is 5.75 Å². The van der Waals surface area contributed by atoms with Crippen molar-refractivity contribution in [2.45, 2.75) is 33.6 Å². The molecule has 0 bridgehead atoms. The highest BCUT2D eigenvalue weighted by molar-refractivity contribution is 7.15. The van der Waals surface area contributed by atoms with E-state index >= 15 is 0 Å².